The number of amides is 1. The van der Waals surface area contributed by atoms with Crippen LogP contribution < -0.4 is 19.5 Å². The van der Waals surface area contributed by atoms with Crippen LogP contribution in [-0.2, 0) is 0 Å². The van der Waals surface area contributed by atoms with Gasteiger partial charge in [0, 0.05) is 12.1 Å². The molecule has 2 aliphatic rings. The molecule has 3 rings (SSSR count). The quantitative estimate of drug-likeness (QED) is 0.891. The van der Waals surface area contributed by atoms with Crippen molar-refractivity contribution in [3.8, 4) is 17.2 Å². The Morgan fingerprint density at radius 1 is 1.16 bits per heavy atom. The number of nitrogens with one attached hydrogen (secondary N) is 1. The molecule has 1 saturated carbocycles. The van der Waals surface area contributed by atoms with Crippen molar-refractivity contribution in [2.24, 2.45) is 0 Å². The van der Waals surface area contributed by atoms with Gasteiger partial charge in [-0.15, -0.1) is 0 Å². The van der Waals surface area contributed by atoms with Gasteiger partial charge in [-0.05, 0) is 25.0 Å². The second kappa shape index (κ2) is 5.38. The number of carbonyl (C=O) groups excluding carboxylic acids is 1. The molecule has 0 atom stereocenters. The standard InChI is InChI=1S/C14H17NO4/c16-14(15-10-4-2-1-3-5-10)19-11-6-7-12-13(8-11)18-9-17-12/h6-8,10H,1-5,9H2,(H,15,16). The Labute approximate surface area is 111 Å². The Hall–Kier alpha value is -1.91. The summed E-state index contributed by atoms with van der Waals surface area (Å²) in [4.78, 5) is 11.8. The summed E-state index contributed by atoms with van der Waals surface area (Å²) in [5.41, 5.74) is 0. The number of carbonyl (C=O) groups is 1. The van der Waals surface area contributed by atoms with Crippen LogP contribution in [0.25, 0.3) is 0 Å². The van der Waals surface area contributed by atoms with Gasteiger partial charge in [0.1, 0.15) is 5.75 Å². The molecule has 1 N–H and O–H groups in total. The van der Waals surface area contributed by atoms with E-state index in [1.54, 1.807) is 18.2 Å². The zero-order valence-electron chi connectivity index (χ0n) is 10.7. The topological polar surface area (TPSA) is 56.8 Å². The molecule has 5 nitrogen and oxygen atoms in total. The minimum atomic E-state index is -0.397. The van der Waals surface area contributed by atoms with Gasteiger partial charge in [-0.25, -0.2) is 4.79 Å². The highest BCUT2D eigenvalue weighted by Gasteiger charge is 2.18. The second-order valence-corrected chi connectivity index (χ2v) is 4.88. The minimum Gasteiger partial charge on any atom is -0.454 e. The molecule has 0 bridgehead atoms. The molecular weight excluding hydrogens is 246 g/mol. The van der Waals surface area contributed by atoms with Crippen molar-refractivity contribution in [3.05, 3.63) is 18.2 Å². The van der Waals surface area contributed by atoms with E-state index in [0.717, 1.165) is 12.8 Å². The Morgan fingerprint density at radius 3 is 2.79 bits per heavy atom. The van der Waals surface area contributed by atoms with Crippen LogP contribution in [0.3, 0.4) is 0 Å². The van der Waals surface area contributed by atoms with Crippen LogP contribution in [0.5, 0.6) is 17.2 Å². The third kappa shape index (κ3) is 2.92. The van der Waals surface area contributed by atoms with E-state index in [1.165, 1.54) is 19.3 Å². The normalized spacial score (nSPS) is 18.1. The van der Waals surface area contributed by atoms with Gasteiger partial charge in [-0.1, -0.05) is 19.3 Å². The van der Waals surface area contributed by atoms with Crippen LogP contribution >= 0.6 is 0 Å². The highest BCUT2D eigenvalue weighted by Crippen LogP contribution is 2.35. The smallest absolute Gasteiger partial charge is 0.412 e. The molecule has 1 aliphatic carbocycles. The third-order valence-corrected chi connectivity index (χ3v) is 3.48. The molecule has 102 valence electrons. The number of ether oxygens (including phenoxy) is 3. The monoisotopic (exact) mass is 263 g/mol. The van der Waals surface area contributed by atoms with Gasteiger partial charge in [0.25, 0.3) is 0 Å². The van der Waals surface area contributed by atoms with Gasteiger partial charge in [0.15, 0.2) is 11.5 Å². The van der Waals surface area contributed by atoms with Crippen LogP contribution in [-0.4, -0.2) is 18.9 Å². The van der Waals surface area contributed by atoms with Crippen LogP contribution in [0.2, 0.25) is 0 Å². The van der Waals surface area contributed by atoms with E-state index >= 15 is 0 Å². The summed E-state index contributed by atoms with van der Waals surface area (Å²) in [6.45, 7) is 0.215. The lowest BCUT2D eigenvalue weighted by atomic mass is 9.96. The summed E-state index contributed by atoms with van der Waals surface area (Å²) in [5, 5.41) is 2.90. The number of rotatable bonds is 2. The predicted octanol–water partition coefficient (Wildman–Crippen LogP) is 2.84. The number of hydrogen-bond acceptors (Lipinski definition) is 4. The first-order valence-corrected chi connectivity index (χ1v) is 6.69. The van der Waals surface area contributed by atoms with Gasteiger partial charge in [-0.2, -0.15) is 0 Å². The highest BCUT2D eigenvalue weighted by atomic mass is 16.7. The van der Waals surface area contributed by atoms with Crippen molar-refractivity contribution in [2.75, 3.05) is 6.79 Å². The molecule has 0 saturated heterocycles. The first-order chi connectivity index (χ1) is 9.31. The molecule has 0 unspecified atom stereocenters. The molecule has 1 aliphatic heterocycles. The fourth-order valence-corrected chi connectivity index (χ4v) is 2.49. The molecule has 0 aromatic heterocycles. The van der Waals surface area contributed by atoms with Crippen molar-refractivity contribution in [2.45, 2.75) is 38.1 Å². The molecule has 5 heteroatoms. The van der Waals surface area contributed by atoms with Crippen LogP contribution in [0.15, 0.2) is 18.2 Å². The van der Waals surface area contributed by atoms with Crippen molar-refractivity contribution in [3.63, 3.8) is 0 Å². The molecule has 1 fully saturated rings. The lowest BCUT2D eigenvalue weighted by Crippen LogP contribution is -2.37. The van der Waals surface area contributed by atoms with Gasteiger partial charge in [-0.3, -0.25) is 0 Å². The maximum absolute atomic E-state index is 11.8. The van der Waals surface area contributed by atoms with Crippen molar-refractivity contribution in [1.29, 1.82) is 0 Å². The lowest BCUT2D eigenvalue weighted by molar-refractivity contribution is 0.173. The summed E-state index contributed by atoms with van der Waals surface area (Å²) in [7, 11) is 0. The summed E-state index contributed by atoms with van der Waals surface area (Å²) >= 11 is 0. The first-order valence-electron chi connectivity index (χ1n) is 6.69. The molecule has 0 spiro atoms. The van der Waals surface area contributed by atoms with Crippen LogP contribution in [0, 0.1) is 0 Å². The maximum atomic E-state index is 11.8. The van der Waals surface area contributed by atoms with E-state index < -0.39 is 6.09 Å². The average Bonchev–Trinajstić information content (AvgIpc) is 2.87. The summed E-state index contributed by atoms with van der Waals surface area (Å²) in [5.74, 6) is 1.76. The average molecular weight is 263 g/mol. The van der Waals surface area contributed by atoms with E-state index in [0.29, 0.717) is 17.2 Å². The van der Waals surface area contributed by atoms with Crippen molar-refractivity contribution < 1.29 is 19.0 Å². The third-order valence-electron chi connectivity index (χ3n) is 3.48. The van der Waals surface area contributed by atoms with E-state index in [9.17, 15) is 4.79 Å². The zero-order valence-corrected chi connectivity index (χ0v) is 10.7. The summed E-state index contributed by atoms with van der Waals surface area (Å²) in [6, 6.07) is 5.36. The summed E-state index contributed by atoms with van der Waals surface area (Å²) < 4.78 is 15.7. The van der Waals surface area contributed by atoms with Gasteiger partial charge in [0.05, 0.1) is 0 Å². The largest absolute Gasteiger partial charge is 0.454 e. The molecule has 1 aromatic carbocycles. The SMILES string of the molecule is O=C(NC1CCCCC1)Oc1ccc2c(c1)OCO2. The predicted molar refractivity (Wildman–Crippen MR) is 68.6 cm³/mol. The Balaban J connectivity index is 1.56. The minimum absolute atomic E-state index is 0.215. The molecule has 1 amide bonds. The maximum Gasteiger partial charge on any atom is 0.412 e. The molecule has 19 heavy (non-hydrogen) atoms. The Morgan fingerprint density at radius 2 is 1.95 bits per heavy atom. The molecule has 1 aromatic rings. The van der Waals surface area contributed by atoms with Crippen molar-refractivity contribution >= 4 is 6.09 Å². The van der Waals surface area contributed by atoms with E-state index in [2.05, 4.69) is 5.32 Å². The van der Waals surface area contributed by atoms with Gasteiger partial charge >= 0.3 is 6.09 Å². The van der Waals surface area contributed by atoms with Gasteiger partial charge in [0.2, 0.25) is 6.79 Å². The number of hydrogen-bond donors (Lipinski definition) is 1. The second-order valence-electron chi connectivity index (χ2n) is 4.88. The van der Waals surface area contributed by atoms with Crippen LogP contribution in [0.1, 0.15) is 32.1 Å². The molecule has 0 radical (unpaired) electrons. The molecular formula is C14H17NO4. The van der Waals surface area contributed by atoms with E-state index in [4.69, 9.17) is 14.2 Å². The number of benzene rings is 1. The Kier molecular flexibility index (Phi) is 3.44. The summed E-state index contributed by atoms with van der Waals surface area (Å²) in [6.07, 6.45) is 5.29. The van der Waals surface area contributed by atoms with Gasteiger partial charge < -0.3 is 19.5 Å². The van der Waals surface area contributed by atoms with E-state index in [1.807, 2.05) is 0 Å². The highest BCUT2D eigenvalue weighted by molar-refractivity contribution is 5.71. The Bertz CT molecular complexity index is 469. The lowest BCUT2D eigenvalue weighted by Gasteiger charge is -2.22. The zero-order chi connectivity index (χ0) is 13.1. The fourth-order valence-electron chi connectivity index (χ4n) is 2.49. The van der Waals surface area contributed by atoms with E-state index in [-0.39, 0.29) is 12.8 Å². The first kappa shape index (κ1) is 12.1. The van der Waals surface area contributed by atoms with Crippen molar-refractivity contribution in [1.82, 2.24) is 5.32 Å². The van der Waals surface area contributed by atoms with Crippen LogP contribution in [0.4, 0.5) is 4.79 Å². The number of fused-ring (bicyclic) bond motifs is 1. The fraction of sp³-hybridized carbons (Fsp3) is 0.500. The molecule has 1 heterocycles.